The lowest BCUT2D eigenvalue weighted by Crippen LogP contribution is -2.59. The number of hydrogen-bond donors (Lipinski definition) is 2. The fourth-order valence-electron chi connectivity index (χ4n) is 3.33. The summed E-state index contributed by atoms with van der Waals surface area (Å²) in [4.78, 5) is 14.1. The van der Waals surface area contributed by atoms with Crippen molar-refractivity contribution in [1.82, 2.24) is 10.2 Å². The van der Waals surface area contributed by atoms with Crippen molar-refractivity contribution in [3.8, 4) is 0 Å². The van der Waals surface area contributed by atoms with Gasteiger partial charge in [0.25, 0.3) is 0 Å². The number of nitrogens with zero attached hydrogens (tertiary/aromatic N) is 1. The molecule has 4 nitrogen and oxygen atoms in total. The van der Waals surface area contributed by atoms with E-state index in [1.807, 2.05) is 0 Å². The summed E-state index contributed by atoms with van der Waals surface area (Å²) >= 11 is 0. The van der Waals surface area contributed by atoms with E-state index in [2.05, 4.69) is 24.1 Å². The van der Waals surface area contributed by atoms with Gasteiger partial charge in [0.1, 0.15) is 5.54 Å². The number of carbonyl (C=O) groups is 1. The normalized spacial score (nSPS) is 27.5. The minimum absolute atomic E-state index is 0.311. The molecule has 0 aromatic carbocycles. The van der Waals surface area contributed by atoms with Crippen LogP contribution >= 0.6 is 0 Å². The molecule has 0 aromatic heterocycles. The van der Waals surface area contributed by atoms with Crippen LogP contribution in [-0.4, -0.2) is 48.2 Å². The molecule has 2 aliphatic rings. The van der Waals surface area contributed by atoms with Gasteiger partial charge < -0.3 is 15.3 Å². The zero-order valence-corrected chi connectivity index (χ0v) is 12.5. The number of likely N-dealkylation sites (N-methyl/N-ethyl adjacent to an activating group) is 1. The number of rotatable bonds is 5. The van der Waals surface area contributed by atoms with Crippen molar-refractivity contribution < 1.29 is 9.90 Å². The smallest absolute Gasteiger partial charge is 0.325 e. The first-order valence-electron chi connectivity index (χ1n) is 7.54. The van der Waals surface area contributed by atoms with Gasteiger partial charge >= 0.3 is 5.97 Å². The standard InChI is InChI=1S/C15H28N2O2/c1-14(2)7-4-9-17(10-8-14)11-15(16-3,13(18)19)12-5-6-12/h12,16H,4-11H2,1-3H3,(H,18,19). The van der Waals surface area contributed by atoms with Gasteiger partial charge in [-0.05, 0) is 63.6 Å². The predicted molar refractivity (Wildman–Crippen MR) is 76.2 cm³/mol. The van der Waals surface area contributed by atoms with Crippen molar-refractivity contribution in [1.29, 1.82) is 0 Å². The maximum absolute atomic E-state index is 11.7. The van der Waals surface area contributed by atoms with Crippen molar-refractivity contribution >= 4 is 5.97 Å². The summed E-state index contributed by atoms with van der Waals surface area (Å²) in [7, 11) is 1.80. The number of likely N-dealkylation sites (tertiary alicyclic amines) is 1. The van der Waals surface area contributed by atoms with Gasteiger partial charge in [-0.15, -0.1) is 0 Å². The number of hydrogen-bond acceptors (Lipinski definition) is 3. The van der Waals surface area contributed by atoms with Crippen LogP contribution in [0.2, 0.25) is 0 Å². The van der Waals surface area contributed by atoms with Gasteiger partial charge in [-0.1, -0.05) is 13.8 Å². The van der Waals surface area contributed by atoms with Gasteiger partial charge in [0, 0.05) is 6.54 Å². The second-order valence-electron chi connectivity index (χ2n) is 7.09. The lowest BCUT2D eigenvalue weighted by atomic mass is 9.85. The van der Waals surface area contributed by atoms with Crippen LogP contribution < -0.4 is 5.32 Å². The Bertz CT molecular complexity index is 339. The lowest BCUT2D eigenvalue weighted by molar-refractivity contribution is -0.146. The van der Waals surface area contributed by atoms with E-state index >= 15 is 0 Å². The fourth-order valence-corrected chi connectivity index (χ4v) is 3.33. The zero-order chi connectivity index (χ0) is 14.1. The van der Waals surface area contributed by atoms with Crippen LogP contribution in [0.25, 0.3) is 0 Å². The Morgan fingerprint density at radius 2 is 2.05 bits per heavy atom. The molecule has 2 fully saturated rings. The van der Waals surface area contributed by atoms with Gasteiger partial charge in [-0.3, -0.25) is 4.79 Å². The van der Waals surface area contributed by atoms with E-state index < -0.39 is 11.5 Å². The van der Waals surface area contributed by atoms with Crippen LogP contribution in [0.15, 0.2) is 0 Å². The molecule has 1 heterocycles. The van der Waals surface area contributed by atoms with Crippen molar-refractivity contribution in [2.75, 3.05) is 26.7 Å². The first kappa shape index (κ1) is 14.8. The number of aliphatic carboxylic acids is 1. The molecule has 0 bridgehead atoms. The summed E-state index contributed by atoms with van der Waals surface area (Å²) in [6.07, 6.45) is 5.68. The average molecular weight is 268 g/mol. The summed E-state index contributed by atoms with van der Waals surface area (Å²) in [6.45, 7) is 7.35. The Balaban J connectivity index is 2.03. The first-order chi connectivity index (χ1) is 8.89. The van der Waals surface area contributed by atoms with Crippen molar-refractivity contribution in [3.63, 3.8) is 0 Å². The van der Waals surface area contributed by atoms with E-state index in [9.17, 15) is 9.90 Å². The van der Waals surface area contributed by atoms with E-state index in [0.717, 1.165) is 32.4 Å². The fraction of sp³-hybridized carbons (Fsp3) is 0.933. The average Bonchev–Trinajstić information content (AvgIpc) is 3.15. The van der Waals surface area contributed by atoms with Crippen molar-refractivity contribution in [3.05, 3.63) is 0 Å². The minimum atomic E-state index is -0.728. The molecular weight excluding hydrogens is 240 g/mol. The highest BCUT2D eigenvalue weighted by Gasteiger charge is 2.51. The van der Waals surface area contributed by atoms with Crippen molar-refractivity contribution in [2.45, 2.75) is 51.5 Å². The van der Waals surface area contributed by atoms with Crippen molar-refractivity contribution in [2.24, 2.45) is 11.3 Å². The van der Waals surface area contributed by atoms with Crippen LogP contribution in [0.3, 0.4) is 0 Å². The largest absolute Gasteiger partial charge is 0.480 e. The highest BCUT2D eigenvalue weighted by molar-refractivity contribution is 5.80. The summed E-state index contributed by atoms with van der Waals surface area (Å²) in [5.41, 5.74) is -0.325. The molecule has 1 unspecified atom stereocenters. The van der Waals surface area contributed by atoms with E-state index in [4.69, 9.17) is 0 Å². The van der Waals surface area contributed by atoms with Crippen LogP contribution in [0.5, 0.6) is 0 Å². The Morgan fingerprint density at radius 1 is 1.37 bits per heavy atom. The van der Waals surface area contributed by atoms with Gasteiger partial charge in [0.15, 0.2) is 0 Å². The van der Waals surface area contributed by atoms with Gasteiger partial charge in [0.05, 0.1) is 0 Å². The zero-order valence-electron chi connectivity index (χ0n) is 12.5. The third kappa shape index (κ3) is 3.29. The van der Waals surface area contributed by atoms with Crippen LogP contribution in [0.1, 0.15) is 46.0 Å². The third-order valence-corrected chi connectivity index (χ3v) is 5.01. The first-order valence-corrected chi connectivity index (χ1v) is 7.54. The Morgan fingerprint density at radius 3 is 2.58 bits per heavy atom. The van der Waals surface area contributed by atoms with Gasteiger partial charge in [0.2, 0.25) is 0 Å². The number of nitrogens with one attached hydrogen (secondary N) is 1. The molecular formula is C15H28N2O2. The minimum Gasteiger partial charge on any atom is -0.480 e. The Kier molecular flexibility index (Phi) is 4.21. The highest BCUT2D eigenvalue weighted by atomic mass is 16.4. The summed E-state index contributed by atoms with van der Waals surface area (Å²) < 4.78 is 0. The van der Waals surface area contributed by atoms with Crippen LogP contribution in [0.4, 0.5) is 0 Å². The SMILES string of the molecule is CNC(CN1CCCC(C)(C)CC1)(C(=O)O)C1CC1. The molecule has 0 aromatic rings. The molecule has 1 saturated heterocycles. The second-order valence-corrected chi connectivity index (χ2v) is 7.09. The third-order valence-electron chi connectivity index (χ3n) is 5.01. The highest BCUT2D eigenvalue weighted by Crippen LogP contribution is 2.41. The molecule has 2 N–H and O–H groups in total. The molecule has 0 spiro atoms. The summed E-state index contributed by atoms with van der Waals surface area (Å²) in [6, 6.07) is 0. The van der Waals surface area contributed by atoms with E-state index in [0.29, 0.717) is 17.9 Å². The van der Waals surface area contributed by atoms with E-state index in [1.54, 1.807) is 7.05 Å². The van der Waals surface area contributed by atoms with Gasteiger partial charge in [-0.2, -0.15) is 0 Å². The molecule has 2 rings (SSSR count). The molecule has 4 heteroatoms. The van der Waals surface area contributed by atoms with Gasteiger partial charge in [-0.25, -0.2) is 0 Å². The Hall–Kier alpha value is -0.610. The quantitative estimate of drug-likeness (QED) is 0.800. The predicted octanol–water partition coefficient (Wildman–Crippen LogP) is 1.95. The summed E-state index contributed by atoms with van der Waals surface area (Å²) in [5, 5.41) is 12.8. The van der Waals surface area contributed by atoms with E-state index in [-0.39, 0.29) is 0 Å². The molecule has 1 aliphatic carbocycles. The molecule has 1 aliphatic heterocycles. The second kappa shape index (κ2) is 5.41. The van der Waals surface area contributed by atoms with E-state index in [1.165, 1.54) is 12.8 Å². The monoisotopic (exact) mass is 268 g/mol. The number of carboxylic acid groups (broad SMARTS) is 1. The molecule has 1 atom stereocenters. The lowest BCUT2D eigenvalue weighted by Gasteiger charge is -2.35. The van der Waals surface area contributed by atoms with Crippen LogP contribution in [-0.2, 0) is 4.79 Å². The molecule has 1 saturated carbocycles. The maximum Gasteiger partial charge on any atom is 0.325 e. The molecule has 19 heavy (non-hydrogen) atoms. The molecule has 0 amide bonds. The molecule has 0 radical (unpaired) electrons. The Labute approximate surface area is 116 Å². The molecule has 110 valence electrons. The number of carboxylic acids is 1. The van der Waals surface area contributed by atoms with Crippen LogP contribution in [0, 0.1) is 11.3 Å². The maximum atomic E-state index is 11.7. The topological polar surface area (TPSA) is 52.6 Å². The summed E-state index contributed by atoms with van der Waals surface area (Å²) in [5.74, 6) is -0.368.